The SMILES string of the molecule is O=C(O)Nc1ccc(C(=O)N[C@@H](CCNC(=O)C2CCC2)C(=O)N2C(=O)O[C@]3(CCCNC3)c3cc(Cl)ccc32)cc1. The zero-order valence-corrected chi connectivity index (χ0v) is 23.5. The van der Waals surface area contributed by atoms with Gasteiger partial charge in [-0.25, -0.2) is 14.5 Å². The van der Waals surface area contributed by atoms with E-state index in [1.165, 1.54) is 24.3 Å². The molecule has 5 amide bonds. The Morgan fingerprint density at radius 3 is 2.52 bits per heavy atom. The second-order valence-corrected chi connectivity index (χ2v) is 11.2. The highest BCUT2D eigenvalue weighted by Crippen LogP contribution is 2.44. The minimum Gasteiger partial charge on any atom is -0.465 e. The zero-order chi connectivity index (χ0) is 29.9. The molecular weight excluding hydrogens is 566 g/mol. The van der Waals surface area contributed by atoms with E-state index in [0.717, 1.165) is 37.1 Å². The third-order valence-electron chi connectivity index (χ3n) is 7.93. The van der Waals surface area contributed by atoms with E-state index in [1.807, 2.05) is 0 Å². The van der Waals surface area contributed by atoms with Crippen LogP contribution in [0.25, 0.3) is 0 Å². The lowest BCUT2D eigenvalue weighted by molar-refractivity contribution is -0.127. The maximum atomic E-state index is 14.0. The van der Waals surface area contributed by atoms with Crippen molar-refractivity contribution in [1.29, 1.82) is 0 Å². The number of piperidine rings is 1. The van der Waals surface area contributed by atoms with Gasteiger partial charge in [0.1, 0.15) is 6.04 Å². The van der Waals surface area contributed by atoms with Crippen LogP contribution in [0.4, 0.5) is 21.0 Å². The average Bonchev–Trinajstić information content (AvgIpc) is 2.92. The van der Waals surface area contributed by atoms with Crippen LogP contribution < -0.4 is 26.2 Å². The van der Waals surface area contributed by atoms with Crippen molar-refractivity contribution in [3.63, 3.8) is 0 Å². The summed E-state index contributed by atoms with van der Waals surface area (Å²) in [5.74, 6) is -1.50. The van der Waals surface area contributed by atoms with Crippen LogP contribution in [0.1, 0.15) is 54.4 Å². The van der Waals surface area contributed by atoms with E-state index in [2.05, 4.69) is 21.3 Å². The van der Waals surface area contributed by atoms with Gasteiger partial charge in [0, 0.05) is 40.8 Å². The lowest BCUT2D eigenvalue weighted by atomic mass is 9.84. The Morgan fingerprint density at radius 1 is 1.12 bits per heavy atom. The van der Waals surface area contributed by atoms with Gasteiger partial charge in [0.05, 0.1) is 5.69 Å². The van der Waals surface area contributed by atoms with E-state index in [1.54, 1.807) is 18.2 Å². The number of hydrogen-bond donors (Lipinski definition) is 5. The molecule has 2 aliphatic heterocycles. The van der Waals surface area contributed by atoms with Crippen LogP contribution in [0.5, 0.6) is 0 Å². The van der Waals surface area contributed by atoms with Crippen LogP contribution in [0.3, 0.4) is 0 Å². The van der Waals surface area contributed by atoms with Gasteiger partial charge in [-0.15, -0.1) is 0 Å². The Morgan fingerprint density at radius 2 is 1.88 bits per heavy atom. The predicted molar refractivity (Wildman–Crippen MR) is 154 cm³/mol. The summed E-state index contributed by atoms with van der Waals surface area (Å²) in [6, 6.07) is 9.32. The number of anilines is 2. The molecular formula is C29H32ClN5O7. The van der Waals surface area contributed by atoms with Crippen LogP contribution >= 0.6 is 11.6 Å². The van der Waals surface area contributed by atoms with Crippen molar-refractivity contribution in [1.82, 2.24) is 16.0 Å². The maximum absolute atomic E-state index is 14.0. The summed E-state index contributed by atoms with van der Waals surface area (Å²) in [5.41, 5.74) is 0.380. The van der Waals surface area contributed by atoms with E-state index < -0.39 is 35.6 Å². The molecule has 12 nitrogen and oxygen atoms in total. The van der Waals surface area contributed by atoms with Crippen LogP contribution in [-0.4, -0.2) is 60.7 Å². The number of rotatable bonds is 8. The highest BCUT2D eigenvalue weighted by Gasteiger charge is 2.48. The number of carboxylic acid groups (broad SMARTS) is 1. The van der Waals surface area contributed by atoms with E-state index >= 15 is 0 Å². The van der Waals surface area contributed by atoms with Gasteiger partial charge in [-0.2, -0.15) is 0 Å². The molecule has 13 heteroatoms. The van der Waals surface area contributed by atoms with Crippen molar-refractivity contribution in [3.8, 4) is 0 Å². The molecule has 2 heterocycles. The number of carbonyl (C=O) groups is 5. The first-order chi connectivity index (χ1) is 20.2. The first-order valence-corrected chi connectivity index (χ1v) is 14.3. The molecule has 1 aliphatic carbocycles. The number of benzene rings is 2. The number of ether oxygens (including phenoxy) is 1. The third kappa shape index (κ3) is 6.19. The minimum atomic E-state index is -1.25. The minimum absolute atomic E-state index is 0.0150. The summed E-state index contributed by atoms with van der Waals surface area (Å²) in [4.78, 5) is 64.9. The summed E-state index contributed by atoms with van der Waals surface area (Å²) in [5, 5.41) is 20.3. The molecule has 2 atom stereocenters. The second-order valence-electron chi connectivity index (χ2n) is 10.7. The largest absolute Gasteiger partial charge is 0.465 e. The third-order valence-corrected chi connectivity index (χ3v) is 8.17. The molecule has 5 N–H and O–H groups in total. The Balaban J connectivity index is 1.40. The molecule has 0 aromatic heterocycles. The number of nitrogens with zero attached hydrogens (tertiary/aromatic N) is 1. The maximum Gasteiger partial charge on any atom is 0.422 e. The molecule has 222 valence electrons. The zero-order valence-electron chi connectivity index (χ0n) is 22.8. The van der Waals surface area contributed by atoms with Crippen molar-refractivity contribution in [3.05, 3.63) is 58.6 Å². The summed E-state index contributed by atoms with van der Waals surface area (Å²) >= 11 is 6.32. The summed E-state index contributed by atoms with van der Waals surface area (Å²) < 4.78 is 5.92. The molecule has 0 radical (unpaired) electrons. The molecule has 1 saturated carbocycles. The van der Waals surface area contributed by atoms with Crippen LogP contribution in [0, 0.1) is 5.92 Å². The van der Waals surface area contributed by atoms with E-state index in [4.69, 9.17) is 21.4 Å². The van der Waals surface area contributed by atoms with Crippen molar-refractivity contribution in [2.75, 3.05) is 29.9 Å². The van der Waals surface area contributed by atoms with E-state index in [9.17, 15) is 24.0 Å². The first kappa shape index (κ1) is 29.3. The molecule has 2 aromatic rings. The van der Waals surface area contributed by atoms with Gasteiger partial charge in [-0.1, -0.05) is 18.0 Å². The van der Waals surface area contributed by atoms with Gasteiger partial charge in [0.25, 0.3) is 11.8 Å². The molecule has 42 heavy (non-hydrogen) atoms. The monoisotopic (exact) mass is 597 g/mol. The summed E-state index contributed by atoms with van der Waals surface area (Å²) in [6.07, 6.45) is 1.84. The van der Waals surface area contributed by atoms with Crippen LogP contribution in [-0.2, 0) is 19.9 Å². The fraction of sp³-hybridized carbons (Fsp3) is 0.414. The standard InChI is InChI=1S/C29H32ClN5O7/c30-19-7-10-23-21(15-19)29(12-2-13-31-16-29)42-28(41)35(23)26(38)22(11-14-32-24(36)17-3-1-4-17)34-25(37)18-5-8-20(9-6-18)33-27(39)40/h5-10,15,17,22,31,33H,1-4,11-14,16H2,(H,32,36)(H,34,37)(H,39,40)/t22-,29-/m0/s1. The van der Waals surface area contributed by atoms with Gasteiger partial charge in [-0.3, -0.25) is 19.7 Å². The predicted octanol–water partition coefficient (Wildman–Crippen LogP) is 3.60. The van der Waals surface area contributed by atoms with E-state index in [-0.39, 0.29) is 36.0 Å². The van der Waals surface area contributed by atoms with Crippen LogP contribution in [0.15, 0.2) is 42.5 Å². The first-order valence-electron chi connectivity index (χ1n) is 13.9. The number of halogens is 1. The van der Waals surface area contributed by atoms with Crippen molar-refractivity contribution < 1.29 is 33.8 Å². The fourth-order valence-electron chi connectivity index (χ4n) is 5.48. The number of amides is 5. The van der Waals surface area contributed by atoms with Gasteiger partial charge in [-0.05, 0) is 81.1 Å². The number of nitrogens with one attached hydrogen (secondary N) is 4. The molecule has 1 spiro atoms. The summed E-state index contributed by atoms with van der Waals surface area (Å²) in [7, 11) is 0. The Bertz CT molecular complexity index is 1390. The molecule has 0 bridgehead atoms. The topological polar surface area (TPSA) is 166 Å². The molecule has 3 aliphatic rings. The quantitative estimate of drug-likeness (QED) is 0.308. The molecule has 1 saturated heterocycles. The highest BCUT2D eigenvalue weighted by atomic mass is 35.5. The molecule has 2 aromatic carbocycles. The Kier molecular flexibility index (Phi) is 8.64. The van der Waals surface area contributed by atoms with Gasteiger partial charge in [0.2, 0.25) is 5.91 Å². The average molecular weight is 598 g/mol. The Labute approximate surface area is 247 Å². The van der Waals surface area contributed by atoms with Crippen molar-refractivity contribution >= 4 is 52.9 Å². The molecule has 0 unspecified atom stereocenters. The van der Waals surface area contributed by atoms with Gasteiger partial charge in [0.15, 0.2) is 5.60 Å². The number of imide groups is 1. The van der Waals surface area contributed by atoms with Gasteiger partial charge < -0.3 is 25.8 Å². The lowest BCUT2D eigenvalue weighted by Crippen LogP contribution is -2.58. The fourth-order valence-corrected chi connectivity index (χ4v) is 5.65. The van der Waals surface area contributed by atoms with Crippen molar-refractivity contribution in [2.24, 2.45) is 5.92 Å². The number of hydrogen-bond acceptors (Lipinski definition) is 7. The molecule has 5 rings (SSSR count). The van der Waals surface area contributed by atoms with E-state index in [0.29, 0.717) is 29.2 Å². The van der Waals surface area contributed by atoms with Gasteiger partial charge >= 0.3 is 12.2 Å². The second kappa shape index (κ2) is 12.4. The Hall–Kier alpha value is -4.16. The lowest BCUT2D eigenvalue weighted by Gasteiger charge is -2.44. The molecule has 2 fully saturated rings. The summed E-state index contributed by atoms with van der Waals surface area (Å²) in [6.45, 7) is 1.23. The number of carbonyl (C=O) groups excluding carboxylic acids is 4. The van der Waals surface area contributed by atoms with Crippen molar-refractivity contribution in [2.45, 2.75) is 50.2 Å². The van der Waals surface area contributed by atoms with Crippen LogP contribution in [0.2, 0.25) is 5.02 Å². The number of fused-ring (bicyclic) bond motifs is 2. The normalized spacial score (nSPS) is 20.5. The smallest absolute Gasteiger partial charge is 0.422 e. The highest BCUT2D eigenvalue weighted by molar-refractivity contribution is 6.31.